The molecule has 0 spiro atoms. The fourth-order valence-corrected chi connectivity index (χ4v) is 3.82. The van der Waals surface area contributed by atoms with Gasteiger partial charge in [0, 0.05) is 11.9 Å². The number of halogens is 2. The van der Waals surface area contributed by atoms with E-state index in [-0.39, 0.29) is 5.69 Å². The highest BCUT2D eigenvalue weighted by molar-refractivity contribution is 7.25. The third-order valence-corrected chi connectivity index (χ3v) is 5.04. The molecule has 0 aliphatic rings. The van der Waals surface area contributed by atoms with Crippen molar-refractivity contribution in [1.29, 1.82) is 0 Å². The molecule has 27 heavy (non-hydrogen) atoms. The minimum Gasteiger partial charge on any atom is -0.365 e. The van der Waals surface area contributed by atoms with Crippen LogP contribution in [0.2, 0.25) is 0 Å². The van der Waals surface area contributed by atoms with Crippen LogP contribution < -0.4 is 5.32 Å². The summed E-state index contributed by atoms with van der Waals surface area (Å²) in [5.41, 5.74) is 1.86. The minimum atomic E-state index is -2.66. The van der Waals surface area contributed by atoms with Crippen molar-refractivity contribution in [1.82, 2.24) is 20.2 Å². The third kappa shape index (κ3) is 3.71. The lowest BCUT2D eigenvalue weighted by Gasteiger charge is -2.06. The molecule has 5 nitrogen and oxygen atoms in total. The number of hydrogen-bond donors (Lipinski definition) is 1. The highest BCUT2D eigenvalue weighted by atomic mass is 32.1. The van der Waals surface area contributed by atoms with Crippen LogP contribution in [-0.2, 0) is 6.54 Å². The Kier molecular flexibility index (Phi) is 5.85. The molecule has 0 saturated heterocycles. The number of nitrogens with one attached hydrogen (secondary N) is 1. The monoisotopic (exact) mass is 387 g/mol. The highest BCUT2D eigenvalue weighted by Gasteiger charge is 2.20. The van der Waals surface area contributed by atoms with Crippen molar-refractivity contribution in [2.24, 2.45) is 0 Å². The number of thiophene rings is 1. The van der Waals surface area contributed by atoms with Crippen LogP contribution in [-0.4, -0.2) is 20.2 Å². The molecule has 0 unspecified atom stereocenters. The van der Waals surface area contributed by atoms with Gasteiger partial charge in [-0.3, -0.25) is 0 Å². The molecule has 8 heteroatoms. The molecule has 0 atom stereocenters. The van der Waals surface area contributed by atoms with Crippen molar-refractivity contribution >= 4 is 37.6 Å². The van der Waals surface area contributed by atoms with Crippen LogP contribution in [0.4, 0.5) is 14.6 Å². The lowest BCUT2D eigenvalue weighted by molar-refractivity contribution is 0.144. The van der Waals surface area contributed by atoms with E-state index in [0.29, 0.717) is 33.7 Å². The van der Waals surface area contributed by atoms with Crippen LogP contribution in [0.25, 0.3) is 20.4 Å². The summed E-state index contributed by atoms with van der Waals surface area (Å²) in [5.74, 6) is 0.662. The van der Waals surface area contributed by atoms with Gasteiger partial charge in [-0.15, -0.1) is 21.5 Å². The summed E-state index contributed by atoms with van der Waals surface area (Å²) in [5, 5.41) is 11.5. The molecule has 3 heterocycles. The molecule has 1 N–H and O–H groups in total. The van der Waals surface area contributed by atoms with Crippen LogP contribution in [0.15, 0.2) is 36.7 Å². The zero-order valence-electron chi connectivity index (χ0n) is 15.2. The molecule has 4 rings (SSSR count). The summed E-state index contributed by atoms with van der Waals surface area (Å²) in [4.78, 5) is 9.17. The summed E-state index contributed by atoms with van der Waals surface area (Å²) in [7, 11) is 0. The summed E-state index contributed by atoms with van der Waals surface area (Å²) in [6.45, 7) is 6.23. The van der Waals surface area contributed by atoms with Gasteiger partial charge in [-0.05, 0) is 18.1 Å². The first-order valence-corrected chi connectivity index (χ1v) is 9.43. The van der Waals surface area contributed by atoms with E-state index in [1.165, 1.54) is 17.7 Å². The quantitative estimate of drug-likeness (QED) is 0.500. The van der Waals surface area contributed by atoms with E-state index in [1.807, 2.05) is 44.2 Å². The van der Waals surface area contributed by atoms with Crippen molar-refractivity contribution < 1.29 is 8.78 Å². The number of aryl methyl sites for hydroxylation is 1. The fourth-order valence-electron chi connectivity index (χ4n) is 2.72. The molecule has 0 aliphatic carbocycles. The molecule has 0 bridgehead atoms. The van der Waals surface area contributed by atoms with Gasteiger partial charge in [-0.25, -0.2) is 18.7 Å². The summed E-state index contributed by atoms with van der Waals surface area (Å²) < 4.78 is 27.0. The van der Waals surface area contributed by atoms with Gasteiger partial charge in [0.2, 0.25) is 0 Å². The molecular formula is C19H19F2N5S. The second kappa shape index (κ2) is 8.30. The summed E-state index contributed by atoms with van der Waals surface area (Å²) in [6.07, 6.45) is -1.23. The van der Waals surface area contributed by atoms with Crippen LogP contribution in [0.1, 0.15) is 37.1 Å². The Hall–Kier alpha value is -2.74. The summed E-state index contributed by atoms with van der Waals surface area (Å²) in [6, 6.07) is 9.93. The average Bonchev–Trinajstić information content (AvgIpc) is 3.09. The van der Waals surface area contributed by atoms with Crippen molar-refractivity contribution in [2.75, 3.05) is 5.32 Å². The van der Waals surface area contributed by atoms with Crippen LogP contribution in [0.3, 0.4) is 0 Å². The Morgan fingerprint density at radius 2 is 1.81 bits per heavy atom. The van der Waals surface area contributed by atoms with Gasteiger partial charge in [-0.2, -0.15) is 0 Å². The number of hydrogen-bond acceptors (Lipinski definition) is 6. The van der Waals surface area contributed by atoms with Crippen molar-refractivity contribution in [3.05, 3.63) is 53.5 Å². The number of aromatic nitrogens is 4. The zero-order valence-corrected chi connectivity index (χ0v) is 16.0. The lowest BCUT2D eigenvalue weighted by Crippen LogP contribution is -2.01. The first kappa shape index (κ1) is 19.0. The van der Waals surface area contributed by atoms with Crippen LogP contribution >= 0.6 is 11.3 Å². The highest BCUT2D eigenvalue weighted by Crippen LogP contribution is 2.38. The molecule has 0 radical (unpaired) electrons. The number of benzene rings is 1. The lowest BCUT2D eigenvalue weighted by atomic mass is 10.1. The van der Waals surface area contributed by atoms with E-state index in [0.717, 1.165) is 10.3 Å². The van der Waals surface area contributed by atoms with Crippen LogP contribution in [0.5, 0.6) is 0 Å². The maximum atomic E-state index is 13.1. The Bertz CT molecular complexity index is 1050. The van der Waals surface area contributed by atoms with E-state index < -0.39 is 6.43 Å². The molecule has 140 valence electrons. The second-order valence-electron chi connectivity index (χ2n) is 5.53. The number of fused-ring (bicyclic) bond motifs is 3. The van der Waals surface area contributed by atoms with E-state index in [9.17, 15) is 8.78 Å². The van der Waals surface area contributed by atoms with E-state index in [1.54, 1.807) is 6.92 Å². The fraction of sp³-hybridized carbons (Fsp3) is 0.263. The van der Waals surface area contributed by atoms with Gasteiger partial charge in [0.05, 0.1) is 10.2 Å². The smallest absolute Gasteiger partial charge is 0.282 e. The van der Waals surface area contributed by atoms with Gasteiger partial charge in [0.1, 0.15) is 22.7 Å². The molecule has 0 aliphatic heterocycles. The largest absolute Gasteiger partial charge is 0.365 e. The topological polar surface area (TPSA) is 63.6 Å². The third-order valence-electron chi connectivity index (χ3n) is 3.97. The van der Waals surface area contributed by atoms with Crippen molar-refractivity contribution in [3.8, 4) is 0 Å². The molecule has 0 amide bonds. The number of anilines is 1. The van der Waals surface area contributed by atoms with E-state index in [2.05, 4.69) is 25.5 Å². The molecule has 0 fully saturated rings. The number of rotatable bonds is 4. The standard InChI is InChI=1S/C17H13F2N5S.C2H6/c1-9-11-13-14(25-17(11)24-23-12(9)15(18)19)16(22-8-21-13)20-7-10-5-3-2-4-6-10;1-2/h2-6,8,15H,7H2,1H3,(H,20,21,22);1-2H3. The molecule has 3 aromatic heterocycles. The van der Waals surface area contributed by atoms with Gasteiger partial charge in [0.15, 0.2) is 0 Å². The Morgan fingerprint density at radius 1 is 1.07 bits per heavy atom. The number of nitrogens with zero attached hydrogens (tertiary/aromatic N) is 4. The predicted molar refractivity (Wildman–Crippen MR) is 105 cm³/mol. The van der Waals surface area contributed by atoms with E-state index >= 15 is 0 Å². The minimum absolute atomic E-state index is 0.301. The molecule has 1 aromatic carbocycles. The maximum absolute atomic E-state index is 13.1. The van der Waals surface area contributed by atoms with Gasteiger partial charge >= 0.3 is 0 Å². The van der Waals surface area contributed by atoms with Gasteiger partial charge in [0.25, 0.3) is 6.43 Å². The Balaban J connectivity index is 0.00000102. The Labute approximate surface area is 159 Å². The first-order chi connectivity index (χ1) is 13.1. The maximum Gasteiger partial charge on any atom is 0.282 e. The Morgan fingerprint density at radius 3 is 2.52 bits per heavy atom. The molecule has 0 saturated carbocycles. The molecular weight excluding hydrogens is 368 g/mol. The predicted octanol–water partition coefficient (Wildman–Crippen LogP) is 5.52. The molecule has 4 aromatic rings. The normalized spacial score (nSPS) is 10.9. The number of alkyl halides is 2. The van der Waals surface area contributed by atoms with Crippen molar-refractivity contribution in [2.45, 2.75) is 33.7 Å². The SMILES string of the molecule is CC.Cc1c(C(F)F)nnc2sc3c(NCc4ccccc4)ncnc3c12. The van der Waals surface area contributed by atoms with E-state index in [4.69, 9.17) is 0 Å². The first-order valence-electron chi connectivity index (χ1n) is 8.61. The van der Waals surface area contributed by atoms with Crippen molar-refractivity contribution in [3.63, 3.8) is 0 Å². The van der Waals surface area contributed by atoms with Gasteiger partial charge in [-0.1, -0.05) is 44.2 Å². The zero-order chi connectivity index (χ0) is 19.4. The summed E-state index contributed by atoms with van der Waals surface area (Å²) >= 11 is 1.35. The average molecular weight is 387 g/mol. The second-order valence-corrected chi connectivity index (χ2v) is 6.53. The van der Waals surface area contributed by atoms with Gasteiger partial charge < -0.3 is 5.32 Å². The van der Waals surface area contributed by atoms with Crippen LogP contribution in [0, 0.1) is 6.92 Å².